The number of nitrogens with zero attached hydrogens (tertiary/aromatic N) is 2. The first-order chi connectivity index (χ1) is 15.4. The van der Waals surface area contributed by atoms with E-state index in [9.17, 15) is 9.18 Å². The minimum atomic E-state index is -0.350. The molecule has 0 unspecified atom stereocenters. The van der Waals surface area contributed by atoms with Crippen LogP contribution in [0.2, 0.25) is 0 Å². The van der Waals surface area contributed by atoms with Gasteiger partial charge in [-0.3, -0.25) is 9.69 Å². The van der Waals surface area contributed by atoms with Crippen molar-refractivity contribution in [1.82, 2.24) is 15.2 Å². The molecule has 1 aromatic heterocycles. The first-order valence-electron chi connectivity index (χ1n) is 10.3. The zero-order valence-corrected chi connectivity index (χ0v) is 18.7. The minimum Gasteiger partial charge on any atom is -0.497 e. The number of rotatable bonds is 10. The number of benzene rings is 2. The molecule has 0 saturated heterocycles. The molecule has 3 rings (SSSR count). The number of hydrogen-bond acceptors (Lipinski definition) is 6. The van der Waals surface area contributed by atoms with Gasteiger partial charge in [0.05, 0.1) is 20.8 Å². The number of halogens is 1. The van der Waals surface area contributed by atoms with Gasteiger partial charge >= 0.3 is 0 Å². The predicted molar refractivity (Wildman–Crippen MR) is 118 cm³/mol. The summed E-state index contributed by atoms with van der Waals surface area (Å²) in [5, 5.41) is 2.76. The largest absolute Gasteiger partial charge is 0.497 e. The molecule has 170 valence electrons. The Morgan fingerprint density at radius 1 is 1.12 bits per heavy atom. The van der Waals surface area contributed by atoms with Crippen LogP contribution in [0.1, 0.15) is 41.4 Å². The van der Waals surface area contributed by atoms with Crippen LogP contribution in [-0.4, -0.2) is 36.1 Å². The molecule has 8 heteroatoms. The third-order valence-electron chi connectivity index (χ3n) is 5.09. The first kappa shape index (κ1) is 23.3. The lowest BCUT2D eigenvalue weighted by Gasteiger charge is -2.26. The maximum Gasteiger partial charge on any atom is 0.273 e. The second-order valence-corrected chi connectivity index (χ2v) is 7.61. The molecule has 0 aliphatic heterocycles. The Labute approximate surface area is 187 Å². The van der Waals surface area contributed by atoms with E-state index in [0.29, 0.717) is 19.0 Å². The Morgan fingerprint density at radius 2 is 1.88 bits per heavy atom. The third kappa shape index (κ3) is 6.07. The highest BCUT2D eigenvalue weighted by Gasteiger charge is 2.18. The monoisotopic (exact) mass is 441 g/mol. The predicted octanol–water partition coefficient (Wildman–Crippen LogP) is 4.17. The fourth-order valence-corrected chi connectivity index (χ4v) is 3.16. The van der Waals surface area contributed by atoms with Gasteiger partial charge < -0.3 is 19.2 Å². The second-order valence-electron chi connectivity index (χ2n) is 7.61. The van der Waals surface area contributed by atoms with Crippen molar-refractivity contribution in [2.45, 2.75) is 39.5 Å². The van der Waals surface area contributed by atoms with Gasteiger partial charge in [-0.2, -0.15) is 0 Å². The van der Waals surface area contributed by atoms with E-state index in [2.05, 4.69) is 29.0 Å². The number of ether oxygens (including phenoxy) is 2. The summed E-state index contributed by atoms with van der Waals surface area (Å²) in [6.07, 6.45) is 1.35. The molecular weight excluding hydrogens is 413 g/mol. The van der Waals surface area contributed by atoms with Crippen LogP contribution in [0.25, 0.3) is 0 Å². The molecule has 7 nitrogen and oxygen atoms in total. The van der Waals surface area contributed by atoms with Gasteiger partial charge in [0.15, 0.2) is 5.69 Å². The van der Waals surface area contributed by atoms with Crippen molar-refractivity contribution < 1.29 is 23.1 Å². The molecule has 0 spiro atoms. The van der Waals surface area contributed by atoms with E-state index in [0.717, 1.165) is 22.6 Å². The molecule has 0 radical (unpaired) electrons. The number of oxazole rings is 1. The van der Waals surface area contributed by atoms with Crippen molar-refractivity contribution in [3.63, 3.8) is 0 Å². The van der Waals surface area contributed by atoms with E-state index in [1.165, 1.54) is 18.4 Å². The Hall–Kier alpha value is -3.39. The van der Waals surface area contributed by atoms with E-state index in [1.54, 1.807) is 26.4 Å². The van der Waals surface area contributed by atoms with Crippen molar-refractivity contribution in [2.75, 3.05) is 14.2 Å². The highest BCUT2D eigenvalue weighted by atomic mass is 19.1. The molecule has 0 aliphatic rings. The highest BCUT2D eigenvalue weighted by Crippen LogP contribution is 2.26. The molecule has 0 aliphatic carbocycles. The van der Waals surface area contributed by atoms with E-state index >= 15 is 0 Å². The summed E-state index contributed by atoms with van der Waals surface area (Å²) < 4.78 is 29.3. The molecule has 1 heterocycles. The van der Waals surface area contributed by atoms with Gasteiger partial charge in [0, 0.05) is 30.8 Å². The smallest absolute Gasteiger partial charge is 0.273 e. The number of amides is 1. The summed E-state index contributed by atoms with van der Waals surface area (Å²) in [4.78, 5) is 18.9. The summed E-state index contributed by atoms with van der Waals surface area (Å²) in [5.41, 5.74) is 2.00. The molecule has 2 aromatic carbocycles. The number of nitrogens with one attached hydrogen (secondary N) is 1. The molecule has 0 saturated carbocycles. The van der Waals surface area contributed by atoms with E-state index in [-0.39, 0.29) is 30.0 Å². The lowest BCUT2D eigenvalue weighted by atomic mass is 10.1. The lowest BCUT2D eigenvalue weighted by molar-refractivity contribution is 0.0945. The fourth-order valence-electron chi connectivity index (χ4n) is 3.16. The van der Waals surface area contributed by atoms with Crippen LogP contribution in [-0.2, 0) is 19.6 Å². The standard InChI is InChI=1S/C24H28FN3O4/c1-16(2)28(13-18-7-10-20(30-3)11-22(18)31-4)14-23-27-21(15-32-23)24(29)26-12-17-5-8-19(25)9-6-17/h5-11,15-16H,12-14H2,1-4H3,(H,26,29). The number of methoxy groups -OCH3 is 2. The molecular formula is C24H28FN3O4. The van der Waals surface area contributed by atoms with Gasteiger partial charge in [-0.05, 0) is 37.6 Å². The van der Waals surface area contributed by atoms with Crippen LogP contribution in [0.5, 0.6) is 11.5 Å². The van der Waals surface area contributed by atoms with E-state index in [4.69, 9.17) is 13.9 Å². The SMILES string of the molecule is COc1ccc(CN(Cc2nc(C(=O)NCc3ccc(F)cc3)co2)C(C)C)c(OC)c1. The second kappa shape index (κ2) is 10.8. The van der Waals surface area contributed by atoms with Crippen LogP contribution in [0, 0.1) is 5.82 Å². The topological polar surface area (TPSA) is 76.8 Å². The van der Waals surface area contributed by atoms with Crippen LogP contribution >= 0.6 is 0 Å². The third-order valence-corrected chi connectivity index (χ3v) is 5.09. The summed E-state index contributed by atoms with van der Waals surface area (Å²) in [5.74, 6) is 1.24. The molecule has 0 atom stereocenters. The van der Waals surface area contributed by atoms with E-state index in [1.807, 2.05) is 18.2 Å². The Balaban J connectivity index is 1.64. The molecule has 1 N–H and O–H groups in total. The highest BCUT2D eigenvalue weighted by molar-refractivity contribution is 5.91. The van der Waals surface area contributed by atoms with Crippen LogP contribution < -0.4 is 14.8 Å². The summed E-state index contributed by atoms with van der Waals surface area (Å²) in [6, 6.07) is 11.9. The van der Waals surface area contributed by atoms with Crippen molar-refractivity contribution in [3.05, 3.63) is 77.3 Å². The summed E-state index contributed by atoms with van der Waals surface area (Å²) >= 11 is 0. The molecule has 3 aromatic rings. The fraction of sp³-hybridized carbons (Fsp3) is 0.333. The van der Waals surface area contributed by atoms with Crippen LogP contribution in [0.4, 0.5) is 4.39 Å². The Morgan fingerprint density at radius 3 is 2.53 bits per heavy atom. The normalized spacial score (nSPS) is 11.1. The zero-order valence-electron chi connectivity index (χ0n) is 18.7. The van der Waals surface area contributed by atoms with Gasteiger partial charge in [-0.25, -0.2) is 9.37 Å². The van der Waals surface area contributed by atoms with Crippen molar-refractivity contribution in [1.29, 1.82) is 0 Å². The van der Waals surface area contributed by atoms with E-state index < -0.39 is 0 Å². The van der Waals surface area contributed by atoms with Crippen molar-refractivity contribution in [3.8, 4) is 11.5 Å². The quantitative estimate of drug-likeness (QED) is 0.509. The first-order valence-corrected chi connectivity index (χ1v) is 10.3. The Kier molecular flexibility index (Phi) is 7.83. The molecule has 1 amide bonds. The molecule has 32 heavy (non-hydrogen) atoms. The molecule has 0 fully saturated rings. The van der Waals surface area contributed by atoms with Gasteiger partial charge in [-0.1, -0.05) is 18.2 Å². The molecule has 0 bridgehead atoms. The number of hydrogen-bond donors (Lipinski definition) is 1. The van der Waals surface area contributed by atoms with Crippen molar-refractivity contribution in [2.24, 2.45) is 0 Å². The Bertz CT molecular complexity index is 1030. The maximum atomic E-state index is 13.0. The number of carbonyl (C=O) groups is 1. The number of aromatic nitrogens is 1. The van der Waals surface area contributed by atoms with Crippen molar-refractivity contribution >= 4 is 5.91 Å². The summed E-state index contributed by atoms with van der Waals surface area (Å²) in [7, 11) is 3.24. The van der Waals surface area contributed by atoms with Gasteiger partial charge in [0.25, 0.3) is 5.91 Å². The van der Waals surface area contributed by atoms with Gasteiger partial charge in [0.1, 0.15) is 23.6 Å². The summed E-state index contributed by atoms with van der Waals surface area (Å²) in [6.45, 7) is 5.47. The minimum absolute atomic E-state index is 0.199. The average Bonchev–Trinajstić information content (AvgIpc) is 3.27. The lowest BCUT2D eigenvalue weighted by Crippen LogP contribution is -2.30. The van der Waals surface area contributed by atoms with Gasteiger partial charge in [-0.15, -0.1) is 0 Å². The zero-order chi connectivity index (χ0) is 23.1. The maximum absolute atomic E-state index is 13.0. The van der Waals surface area contributed by atoms with Crippen LogP contribution in [0.3, 0.4) is 0 Å². The van der Waals surface area contributed by atoms with Gasteiger partial charge in [0.2, 0.25) is 5.89 Å². The van der Waals surface area contributed by atoms with Crippen LogP contribution in [0.15, 0.2) is 53.1 Å². The number of carbonyl (C=O) groups excluding carboxylic acids is 1. The average molecular weight is 442 g/mol.